The van der Waals surface area contributed by atoms with Crippen molar-refractivity contribution in [2.45, 2.75) is 18.9 Å². The molecule has 1 aliphatic rings. The molecule has 22 heavy (non-hydrogen) atoms. The van der Waals surface area contributed by atoms with Crippen LogP contribution in [0.1, 0.15) is 24.4 Å². The zero-order valence-corrected chi connectivity index (χ0v) is 13.8. The highest BCUT2D eigenvalue weighted by atomic mass is 35.5. The Hall–Kier alpha value is -1.01. The van der Waals surface area contributed by atoms with Crippen molar-refractivity contribution in [2.75, 3.05) is 26.8 Å². The third-order valence-corrected chi connectivity index (χ3v) is 4.77. The summed E-state index contributed by atoms with van der Waals surface area (Å²) in [5, 5.41) is 19.3. The Morgan fingerprint density at radius 2 is 2.09 bits per heavy atom. The molecule has 1 aromatic rings. The fourth-order valence-electron chi connectivity index (χ4n) is 2.92. The van der Waals surface area contributed by atoms with Gasteiger partial charge in [0, 0.05) is 24.3 Å². The van der Waals surface area contributed by atoms with E-state index in [-0.39, 0.29) is 25.1 Å². The topological polar surface area (TPSA) is 70.0 Å². The molecule has 0 amide bonds. The second-order valence-corrected chi connectivity index (χ2v) is 6.28. The van der Waals surface area contributed by atoms with E-state index in [0.29, 0.717) is 28.8 Å². The van der Waals surface area contributed by atoms with E-state index < -0.39 is 5.97 Å². The maximum atomic E-state index is 11.1. The number of benzene rings is 1. The van der Waals surface area contributed by atoms with Crippen LogP contribution in [0.15, 0.2) is 12.1 Å². The van der Waals surface area contributed by atoms with Gasteiger partial charge in [0.25, 0.3) is 0 Å². The number of nitrogens with zero attached hydrogens (tertiary/aromatic N) is 1. The quantitative estimate of drug-likeness (QED) is 0.856. The second kappa shape index (κ2) is 7.51. The lowest BCUT2D eigenvalue weighted by atomic mass is 9.87. The van der Waals surface area contributed by atoms with Gasteiger partial charge in [0.2, 0.25) is 0 Å². The third-order valence-electron chi connectivity index (χ3n) is 4.05. The van der Waals surface area contributed by atoms with E-state index in [4.69, 9.17) is 33.0 Å². The van der Waals surface area contributed by atoms with Gasteiger partial charge in [0.1, 0.15) is 5.75 Å². The molecule has 0 bridgehead atoms. The van der Waals surface area contributed by atoms with Crippen LogP contribution < -0.4 is 4.74 Å². The first kappa shape index (κ1) is 17.3. The molecule has 1 aromatic carbocycles. The maximum Gasteiger partial charge on any atom is 0.317 e. The van der Waals surface area contributed by atoms with E-state index in [0.717, 1.165) is 12.0 Å². The molecule has 7 heteroatoms. The minimum atomic E-state index is -0.883. The normalized spacial score (nSPS) is 22.5. The number of aliphatic hydroxyl groups is 1. The number of likely N-dealkylation sites (tertiary alicyclic amines) is 1. The van der Waals surface area contributed by atoms with Crippen molar-refractivity contribution in [3.05, 3.63) is 27.7 Å². The van der Waals surface area contributed by atoms with Crippen LogP contribution in [-0.2, 0) is 4.79 Å². The zero-order chi connectivity index (χ0) is 16.3. The van der Waals surface area contributed by atoms with Gasteiger partial charge < -0.3 is 14.9 Å². The zero-order valence-electron chi connectivity index (χ0n) is 12.3. The number of carboxylic acid groups (broad SMARTS) is 1. The van der Waals surface area contributed by atoms with Crippen LogP contribution in [0, 0.1) is 5.92 Å². The predicted molar refractivity (Wildman–Crippen MR) is 84.8 cm³/mol. The first-order valence-electron chi connectivity index (χ1n) is 7.05. The molecule has 0 spiro atoms. The van der Waals surface area contributed by atoms with Crippen molar-refractivity contribution in [3.63, 3.8) is 0 Å². The summed E-state index contributed by atoms with van der Waals surface area (Å²) in [6, 6.07) is 3.19. The number of halogens is 2. The number of hydrogen-bond donors (Lipinski definition) is 2. The molecule has 5 nitrogen and oxygen atoms in total. The number of aliphatic carboxylic acids is 1. The third kappa shape index (κ3) is 3.84. The number of carbonyl (C=O) groups is 1. The molecule has 1 aliphatic heterocycles. The Labute approximate surface area is 139 Å². The summed E-state index contributed by atoms with van der Waals surface area (Å²) in [5.74, 6) is -0.172. The summed E-state index contributed by atoms with van der Waals surface area (Å²) in [4.78, 5) is 13.0. The highest BCUT2D eigenvalue weighted by molar-refractivity contribution is 6.42. The summed E-state index contributed by atoms with van der Waals surface area (Å²) in [7, 11) is 1.54. The molecule has 1 heterocycles. The van der Waals surface area contributed by atoms with Crippen molar-refractivity contribution < 1.29 is 19.7 Å². The van der Waals surface area contributed by atoms with Gasteiger partial charge in [-0.25, -0.2) is 0 Å². The number of aliphatic hydroxyl groups excluding tert-OH is 1. The van der Waals surface area contributed by atoms with E-state index >= 15 is 0 Å². The molecule has 1 saturated heterocycles. The molecular weight excluding hydrogens is 329 g/mol. The minimum absolute atomic E-state index is 0.0633. The molecule has 2 unspecified atom stereocenters. The number of rotatable bonds is 5. The van der Waals surface area contributed by atoms with Crippen molar-refractivity contribution in [1.29, 1.82) is 0 Å². The second-order valence-electron chi connectivity index (χ2n) is 5.46. The van der Waals surface area contributed by atoms with Gasteiger partial charge in [-0.05, 0) is 31.4 Å². The van der Waals surface area contributed by atoms with Crippen molar-refractivity contribution in [3.8, 4) is 5.75 Å². The SMILES string of the molecule is COc1cc(Cl)c(Cl)cc1C1CC(CO)CCN1CC(=O)O. The molecule has 2 N–H and O–H groups in total. The predicted octanol–water partition coefficient (Wildman–Crippen LogP) is 2.83. The van der Waals surface area contributed by atoms with Gasteiger partial charge in [-0.15, -0.1) is 0 Å². The van der Waals surface area contributed by atoms with Crippen molar-refractivity contribution in [2.24, 2.45) is 5.92 Å². The number of ether oxygens (including phenoxy) is 1. The fourth-order valence-corrected chi connectivity index (χ4v) is 3.25. The monoisotopic (exact) mass is 347 g/mol. The van der Waals surface area contributed by atoms with Gasteiger partial charge in [-0.2, -0.15) is 0 Å². The Kier molecular flexibility index (Phi) is 5.92. The van der Waals surface area contributed by atoms with E-state index in [2.05, 4.69) is 0 Å². The standard InChI is InChI=1S/C15H19Cl2NO4/c1-22-14-6-12(17)11(16)5-10(14)13-4-9(8-19)2-3-18(13)7-15(20)21/h5-6,9,13,19H,2-4,7-8H2,1H3,(H,20,21). The maximum absolute atomic E-state index is 11.1. The van der Waals surface area contributed by atoms with Gasteiger partial charge in [0.05, 0.1) is 23.7 Å². The minimum Gasteiger partial charge on any atom is -0.496 e. The molecule has 2 atom stereocenters. The number of piperidine rings is 1. The van der Waals surface area contributed by atoms with E-state index in [1.807, 2.05) is 4.90 Å². The van der Waals surface area contributed by atoms with Crippen LogP contribution in [0.4, 0.5) is 0 Å². The summed E-state index contributed by atoms with van der Waals surface area (Å²) in [6.45, 7) is 0.624. The van der Waals surface area contributed by atoms with Gasteiger partial charge >= 0.3 is 5.97 Å². The Morgan fingerprint density at radius 1 is 1.41 bits per heavy atom. The van der Waals surface area contributed by atoms with E-state index in [9.17, 15) is 9.90 Å². The molecule has 0 aliphatic carbocycles. The van der Waals surface area contributed by atoms with Crippen LogP contribution in [-0.4, -0.2) is 47.9 Å². The van der Waals surface area contributed by atoms with Crippen LogP contribution >= 0.6 is 23.2 Å². The van der Waals surface area contributed by atoms with Gasteiger partial charge in [-0.3, -0.25) is 9.69 Å². The average Bonchev–Trinajstić information content (AvgIpc) is 2.49. The van der Waals surface area contributed by atoms with Crippen LogP contribution in [0.2, 0.25) is 10.0 Å². The first-order valence-corrected chi connectivity index (χ1v) is 7.81. The number of hydrogen-bond acceptors (Lipinski definition) is 4. The lowest BCUT2D eigenvalue weighted by Gasteiger charge is -2.39. The average molecular weight is 348 g/mol. The highest BCUT2D eigenvalue weighted by Crippen LogP contribution is 2.41. The molecule has 0 aromatic heterocycles. The van der Waals surface area contributed by atoms with E-state index in [1.165, 1.54) is 7.11 Å². The number of carboxylic acids is 1. The summed E-state index contributed by atoms with van der Waals surface area (Å²) in [6.07, 6.45) is 1.42. The Bertz CT molecular complexity index is 553. The largest absolute Gasteiger partial charge is 0.496 e. The van der Waals surface area contributed by atoms with Crippen LogP contribution in [0.5, 0.6) is 5.75 Å². The van der Waals surface area contributed by atoms with Gasteiger partial charge in [0.15, 0.2) is 0 Å². The molecular formula is C15H19Cl2NO4. The smallest absolute Gasteiger partial charge is 0.317 e. The molecule has 0 radical (unpaired) electrons. The number of methoxy groups -OCH3 is 1. The van der Waals surface area contributed by atoms with Crippen molar-refractivity contribution >= 4 is 29.2 Å². The molecule has 2 rings (SSSR count). The summed E-state index contributed by atoms with van der Waals surface area (Å²) >= 11 is 12.1. The van der Waals surface area contributed by atoms with Crippen LogP contribution in [0.3, 0.4) is 0 Å². The first-order chi connectivity index (χ1) is 10.5. The highest BCUT2D eigenvalue weighted by Gasteiger charge is 2.32. The van der Waals surface area contributed by atoms with E-state index in [1.54, 1.807) is 12.1 Å². The van der Waals surface area contributed by atoms with Crippen LogP contribution in [0.25, 0.3) is 0 Å². The van der Waals surface area contributed by atoms with Gasteiger partial charge in [-0.1, -0.05) is 23.2 Å². The molecule has 122 valence electrons. The lowest BCUT2D eigenvalue weighted by molar-refractivity contribution is -0.139. The molecule has 1 fully saturated rings. The molecule has 0 saturated carbocycles. The van der Waals surface area contributed by atoms with Crippen molar-refractivity contribution in [1.82, 2.24) is 4.90 Å². The Balaban J connectivity index is 2.39. The summed E-state index contributed by atoms with van der Waals surface area (Å²) < 4.78 is 5.38. The fraction of sp³-hybridized carbons (Fsp3) is 0.533. The lowest BCUT2D eigenvalue weighted by Crippen LogP contribution is -2.40. The Morgan fingerprint density at radius 3 is 2.68 bits per heavy atom. The summed E-state index contributed by atoms with van der Waals surface area (Å²) in [5.41, 5.74) is 0.802.